The predicted octanol–water partition coefficient (Wildman–Crippen LogP) is 1.35. The van der Waals surface area contributed by atoms with Crippen LogP contribution in [-0.4, -0.2) is 52.9 Å². The van der Waals surface area contributed by atoms with Crippen molar-refractivity contribution in [1.82, 2.24) is 4.90 Å². The van der Waals surface area contributed by atoms with E-state index in [1.54, 1.807) is 17.0 Å². The molecule has 132 valence electrons. The number of likely N-dealkylation sites (tertiary alicyclic amines) is 1. The second-order valence-electron chi connectivity index (χ2n) is 6.67. The molecule has 2 aliphatic heterocycles. The van der Waals surface area contributed by atoms with Crippen molar-refractivity contribution in [3.05, 3.63) is 28.3 Å². The number of amides is 1. The van der Waals surface area contributed by atoms with Crippen LogP contribution in [-0.2, 0) is 9.53 Å². The first-order valence-electron chi connectivity index (χ1n) is 8.21. The third-order valence-electron chi connectivity index (χ3n) is 5.07. The number of hydrogen-bond donors (Lipinski definition) is 3. The number of rotatable bonds is 3. The lowest BCUT2D eigenvalue weighted by Gasteiger charge is -2.40. The fraction of sp³-hybridized carbons (Fsp3) is 0.588. The zero-order chi connectivity index (χ0) is 17.4. The fourth-order valence-electron chi connectivity index (χ4n) is 3.38. The topological polar surface area (TPSA) is 96.0 Å². The molecule has 24 heavy (non-hydrogen) atoms. The van der Waals surface area contributed by atoms with Gasteiger partial charge in [-0.2, -0.15) is 0 Å². The summed E-state index contributed by atoms with van der Waals surface area (Å²) in [4.78, 5) is 13.9. The molecule has 3 rings (SSSR count). The van der Waals surface area contributed by atoms with Gasteiger partial charge in [-0.3, -0.25) is 4.79 Å². The third-order valence-corrected chi connectivity index (χ3v) is 5.47. The minimum atomic E-state index is -0.713. The van der Waals surface area contributed by atoms with Crippen molar-refractivity contribution < 1.29 is 19.7 Å². The van der Waals surface area contributed by atoms with E-state index in [4.69, 9.17) is 22.1 Å². The summed E-state index contributed by atoms with van der Waals surface area (Å²) < 4.78 is 5.13. The van der Waals surface area contributed by atoms with Gasteiger partial charge in [-0.25, -0.2) is 0 Å². The van der Waals surface area contributed by atoms with Crippen molar-refractivity contribution >= 4 is 17.5 Å². The third kappa shape index (κ3) is 3.24. The summed E-state index contributed by atoms with van der Waals surface area (Å²) >= 11 is 6.15. The minimum absolute atomic E-state index is 0.151. The van der Waals surface area contributed by atoms with Crippen molar-refractivity contribution in [1.29, 1.82) is 0 Å². The summed E-state index contributed by atoms with van der Waals surface area (Å²) in [7, 11) is 0. The number of piperidine rings is 1. The van der Waals surface area contributed by atoms with Crippen molar-refractivity contribution in [3.63, 3.8) is 0 Å². The van der Waals surface area contributed by atoms with E-state index in [-0.39, 0.29) is 30.2 Å². The fourth-order valence-corrected chi connectivity index (χ4v) is 3.55. The first-order chi connectivity index (χ1) is 11.4. The molecule has 4 N–H and O–H groups in total. The summed E-state index contributed by atoms with van der Waals surface area (Å²) in [6.45, 7) is 3.21. The van der Waals surface area contributed by atoms with Crippen LogP contribution in [0.15, 0.2) is 12.1 Å². The first kappa shape index (κ1) is 17.5. The van der Waals surface area contributed by atoms with Crippen LogP contribution in [0.1, 0.15) is 30.0 Å². The largest absolute Gasteiger partial charge is 0.508 e. The van der Waals surface area contributed by atoms with Crippen molar-refractivity contribution in [2.45, 2.75) is 38.0 Å². The maximum atomic E-state index is 12.2. The predicted molar refractivity (Wildman–Crippen MR) is 89.8 cm³/mol. The standard InChI is InChI=1S/C17H23ClN2O4/c1-9-6-13(21)11(7-12(9)18)15(19)10-2-4-20(5-3-10)17(23)16-14(22)8-24-16/h6-7,10,14-16,21-22H,2-5,8,19H2,1H3/t14-,15+,16+/m0/s1. The molecule has 1 aromatic carbocycles. The highest BCUT2D eigenvalue weighted by atomic mass is 35.5. The summed E-state index contributed by atoms with van der Waals surface area (Å²) in [5, 5.41) is 20.3. The number of ether oxygens (including phenoxy) is 1. The lowest BCUT2D eigenvalue weighted by Crippen LogP contribution is -2.56. The lowest BCUT2D eigenvalue weighted by molar-refractivity contribution is -0.188. The minimum Gasteiger partial charge on any atom is -0.508 e. The Labute approximate surface area is 146 Å². The van der Waals surface area contributed by atoms with Crippen LogP contribution in [0.4, 0.5) is 0 Å². The highest BCUT2D eigenvalue weighted by Gasteiger charge is 2.40. The Balaban J connectivity index is 1.62. The van der Waals surface area contributed by atoms with Gasteiger partial charge in [0, 0.05) is 29.7 Å². The number of hydrogen-bond acceptors (Lipinski definition) is 5. The number of aromatic hydroxyl groups is 1. The molecule has 0 aromatic heterocycles. The molecule has 0 spiro atoms. The summed E-state index contributed by atoms with van der Waals surface area (Å²) in [6.07, 6.45) is 0.0701. The quantitative estimate of drug-likeness (QED) is 0.761. The second kappa shape index (κ2) is 6.88. The molecule has 1 amide bonds. The van der Waals surface area contributed by atoms with E-state index < -0.39 is 12.2 Å². The number of aliphatic hydroxyl groups is 1. The molecule has 6 nitrogen and oxygen atoms in total. The van der Waals surface area contributed by atoms with Gasteiger partial charge >= 0.3 is 0 Å². The molecule has 2 fully saturated rings. The number of aliphatic hydroxyl groups excluding tert-OH is 1. The summed E-state index contributed by atoms with van der Waals surface area (Å²) in [6, 6.07) is 3.03. The zero-order valence-electron chi connectivity index (χ0n) is 13.6. The van der Waals surface area contributed by atoms with Gasteiger partial charge in [-0.05, 0) is 43.4 Å². The first-order valence-corrected chi connectivity index (χ1v) is 8.59. The Morgan fingerprint density at radius 1 is 1.42 bits per heavy atom. The molecule has 7 heteroatoms. The van der Waals surface area contributed by atoms with Gasteiger partial charge in [-0.15, -0.1) is 0 Å². The van der Waals surface area contributed by atoms with Crippen LogP contribution in [0.5, 0.6) is 5.75 Å². The van der Waals surface area contributed by atoms with E-state index >= 15 is 0 Å². The molecule has 0 saturated carbocycles. The number of aryl methyl sites for hydroxylation is 1. The number of phenols is 1. The van der Waals surface area contributed by atoms with Gasteiger partial charge in [-0.1, -0.05) is 11.6 Å². The number of nitrogens with zero attached hydrogens (tertiary/aromatic N) is 1. The zero-order valence-corrected chi connectivity index (χ0v) is 14.4. The molecule has 0 bridgehead atoms. The summed E-state index contributed by atoms with van der Waals surface area (Å²) in [5.74, 6) is 0.168. The smallest absolute Gasteiger partial charge is 0.254 e. The number of carbonyl (C=O) groups excluding carboxylic acids is 1. The molecular formula is C17H23ClN2O4. The normalized spacial score (nSPS) is 26.1. The Hall–Kier alpha value is -1.34. The summed E-state index contributed by atoms with van der Waals surface area (Å²) in [5.41, 5.74) is 7.80. The van der Waals surface area contributed by atoms with E-state index in [0.717, 1.165) is 18.4 Å². The van der Waals surface area contributed by atoms with Crippen LogP contribution < -0.4 is 5.73 Å². The van der Waals surface area contributed by atoms with Gasteiger partial charge in [0.2, 0.25) is 0 Å². The molecule has 0 unspecified atom stereocenters. The second-order valence-corrected chi connectivity index (χ2v) is 7.08. The average Bonchev–Trinajstić information content (AvgIpc) is 2.56. The Bertz CT molecular complexity index is 631. The van der Waals surface area contributed by atoms with Gasteiger partial charge in [0.05, 0.1) is 6.61 Å². The van der Waals surface area contributed by atoms with Crippen molar-refractivity contribution in [3.8, 4) is 5.75 Å². The Morgan fingerprint density at radius 3 is 2.62 bits per heavy atom. The van der Waals surface area contributed by atoms with Gasteiger partial charge in [0.15, 0.2) is 6.10 Å². The van der Waals surface area contributed by atoms with Gasteiger partial charge < -0.3 is 25.6 Å². The maximum Gasteiger partial charge on any atom is 0.254 e. The highest BCUT2D eigenvalue weighted by Crippen LogP contribution is 2.36. The monoisotopic (exact) mass is 354 g/mol. The van der Waals surface area contributed by atoms with Crippen LogP contribution in [0, 0.1) is 12.8 Å². The number of benzene rings is 1. The molecule has 2 aliphatic rings. The van der Waals surface area contributed by atoms with E-state index in [1.807, 2.05) is 6.92 Å². The molecule has 2 saturated heterocycles. The molecule has 1 aromatic rings. The van der Waals surface area contributed by atoms with E-state index in [9.17, 15) is 15.0 Å². The Morgan fingerprint density at radius 2 is 2.08 bits per heavy atom. The van der Waals surface area contributed by atoms with Crippen LogP contribution >= 0.6 is 11.6 Å². The Kier molecular flexibility index (Phi) is 5.01. The number of nitrogens with two attached hydrogens (primary N) is 1. The van der Waals surface area contributed by atoms with Crippen molar-refractivity contribution in [2.24, 2.45) is 11.7 Å². The van der Waals surface area contributed by atoms with Crippen LogP contribution in [0.3, 0.4) is 0 Å². The molecule has 3 atom stereocenters. The van der Waals surface area contributed by atoms with E-state index in [2.05, 4.69) is 0 Å². The maximum absolute atomic E-state index is 12.2. The van der Waals surface area contributed by atoms with Crippen molar-refractivity contribution in [2.75, 3.05) is 19.7 Å². The SMILES string of the molecule is Cc1cc(O)c([C@H](N)C2CCN(C(=O)[C@@H]3OC[C@@H]3O)CC2)cc1Cl. The lowest BCUT2D eigenvalue weighted by atomic mass is 9.85. The number of halogens is 1. The van der Waals surface area contributed by atoms with Gasteiger partial charge in [0.25, 0.3) is 5.91 Å². The molecular weight excluding hydrogens is 332 g/mol. The molecule has 0 aliphatic carbocycles. The number of carbonyl (C=O) groups is 1. The van der Waals surface area contributed by atoms with E-state index in [0.29, 0.717) is 23.7 Å². The highest BCUT2D eigenvalue weighted by molar-refractivity contribution is 6.31. The molecule has 0 radical (unpaired) electrons. The van der Waals surface area contributed by atoms with E-state index in [1.165, 1.54) is 0 Å². The average molecular weight is 355 g/mol. The molecule has 2 heterocycles. The van der Waals surface area contributed by atoms with Crippen LogP contribution in [0.2, 0.25) is 5.02 Å². The number of phenolic OH excluding ortho intramolecular Hbond substituents is 1. The van der Waals surface area contributed by atoms with Gasteiger partial charge in [0.1, 0.15) is 11.9 Å². The van der Waals surface area contributed by atoms with Crippen LogP contribution in [0.25, 0.3) is 0 Å².